The second kappa shape index (κ2) is 6.81. The van der Waals surface area contributed by atoms with Crippen molar-refractivity contribution >= 4 is 22.1 Å². The average Bonchev–Trinajstić information content (AvgIpc) is 2.71. The van der Waals surface area contributed by atoms with Gasteiger partial charge in [0.15, 0.2) is 0 Å². The summed E-state index contributed by atoms with van der Waals surface area (Å²) in [4.78, 5) is 26.3. The number of anilines is 1. The van der Waals surface area contributed by atoms with Crippen LogP contribution in [0.5, 0.6) is 0 Å². The van der Waals surface area contributed by atoms with E-state index in [4.69, 9.17) is 0 Å². The zero-order valence-corrected chi connectivity index (χ0v) is 15.0. The van der Waals surface area contributed by atoms with Crippen LogP contribution in [0.15, 0.2) is 47.3 Å². The lowest BCUT2D eigenvalue weighted by molar-refractivity contribution is -0.655. The van der Waals surface area contributed by atoms with Crippen LogP contribution in [0.4, 0.5) is 11.4 Å². The third kappa shape index (κ3) is 3.04. The van der Waals surface area contributed by atoms with Crippen molar-refractivity contribution in [1.82, 2.24) is 9.78 Å². The summed E-state index contributed by atoms with van der Waals surface area (Å²) in [6.45, 7) is 5.46. The van der Waals surface area contributed by atoms with Crippen LogP contribution in [-0.2, 0) is 0 Å². The summed E-state index contributed by atoms with van der Waals surface area (Å²) < 4.78 is 1.16. The molecule has 27 heavy (non-hydrogen) atoms. The van der Waals surface area contributed by atoms with Gasteiger partial charge in [0.2, 0.25) is 0 Å². The Balaban J connectivity index is 1.94. The Labute approximate surface area is 155 Å². The van der Waals surface area contributed by atoms with Crippen molar-refractivity contribution in [2.24, 2.45) is 0 Å². The third-order valence-corrected chi connectivity index (χ3v) is 4.94. The number of aryl methyl sites for hydroxylation is 1. The molecular weight excluding hydrogens is 346 g/mol. The quantitative estimate of drug-likeness (QED) is 0.551. The highest BCUT2D eigenvalue weighted by Gasteiger charge is 2.22. The minimum atomic E-state index is -0.470. The normalized spacial score (nSPS) is 14.5. The molecule has 3 aromatic rings. The van der Waals surface area contributed by atoms with Crippen molar-refractivity contribution < 1.29 is 10.2 Å². The highest BCUT2D eigenvalue weighted by molar-refractivity contribution is 5.83. The topological polar surface area (TPSA) is 97.9 Å². The molecule has 1 aromatic heterocycles. The summed E-state index contributed by atoms with van der Waals surface area (Å²) in [5, 5.41) is 19.5. The number of nitrogens with zero attached hydrogens (tertiary/aromatic N) is 4. The summed E-state index contributed by atoms with van der Waals surface area (Å²) in [5.74, 6) is 0. The number of hydrogen-bond donors (Lipinski definition) is 1. The van der Waals surface area contributed by atoms with Crippen LogP contribution in [0.3, 0.4) is 0 Å². The summed E-state index contributed by atoms with van der Waals surface area (Å²) >= 11 is 0. The monoisotopic (exact) mass is 366 g/mol. The molecule has 1 aliphatic rings. The van der Waals surface area contributed by atoms with E-state index in [1.54, 1.807) is 31.2 Å². The number of hydrogen-bond acceptors (Lipinski definition) is 5. The predicted molar refractivity (Wildman–Crippen MR) is 103 cm³/mol. The van der Waals surface area contributed by atoms with E-state index in [1.807, 2.05) is 12.1 Å². The molecule has 2 heterocycles. The zero-order valence-electron chi connectivity index (χ0n) is 15.0. The molecule has 0 atom stereocenters. The Bertz CT molecular complexity index is 1090. The maximum atomic E-state index is 13.0. The minimum absolute atomic E-state index is 0.133. The molecule has 0 bridgehead atoms. The summed E-state index contributed by atoms with van der Waals surface area (Å²) in [7, 11) is 0. The first-order valence-corrected chi connectivity index (χ1v) is 8.90. The van der Waals surface area contributed by atoms with Crippen molar-refractivity contribution in [3.05, 3.63) is 68.6 Å². The van der Waals surface area contributed by atoms with Gasteiger partial charge in [-0.1, -0.05) is 18.2 Å². The van der Waals surface area contributed by atoms with E-state index in [0.717, 1.165) is 41.9 Å². The molecule has 0 spiro atoms. The van der Waals surface area contributed by atoms with Gasteiger partial charge in [-0.2, -0.15) is 9.78 Å². The molecule has 0 radical (unpaired) electrons. The SMILES string of the molecule is Cc1nn(-c2cc(N3CC[NH2+]CC3)ccc2[N+](=O)[O-])c(=O)c2ccccc12. The molecule has 0 unspecified atom stereocenters. The highest BCUT2D eigenvalue weighted by Crippen LogP contribution is 2.28. The van der Waals surface area contributed by atoms with Crippen LogP contribution in [0.2, 0.25) is 0 Å². The molecule has 138 valence electrons. The van der Waals surface area contributed by atoms with Crippen molar-refractivity contribution in [3.63, 3.8) is 0 Å². The first kappa shape index (κ1) is 17.2. The minimum Gasteiger partial charge on any atom is -0.360 e. The average molecular weight is 366 g/mol. The van der Waals surface area contributed by atoms with E-state index < -0.39 is 4.92 Å². The molecule has 1 saturated heterocycles. The van der Waals surface area contributed by atoms with Crippen LogP contribution < -0.4 is 15.8 Å². The molecule has 0 aliphatic carbocycles. The van der Waals surface area contributed by atoms with Crippen molar-refractivity contribution in [3.8, 4) is 5.69 Å². The maximum Gasteiger partial charge on any atom is 0.295 e. The molecule has 4 rings (SSSR count). The van der Waals surface area contributed by atoms with Gasteiger partial charge in [0.05, 0.1) is 42.2 Å². The van der Waals surface area contributed by atoms with Gasteiger partial charge in [-0.25, -0.2) is 0 Å². The van der Waals surface area contributed by atoms with Gasteiger partial charge in [0, 0.05) is 17.1 Å². The fourth-order valence-electron chi connectivity index (χ4n) is 3.55. The predicted octanol–water partition coefficient (Wildman–Crippen LogP) is 0.986. The van der Waals surface area contributed by atoms with E-state index in [9.17, 15) is 14.9 Å². The molecule has 0 saturated carbocycles. The summed E-state index contributed by atoms with van der Waals surface area (Å²) in [6.07, 6.45) is 0. The lowest BCUT2D eigenvalue weighted by atomic mass is 10.1. The Morgan fingerprint density at radius 2 is 1.81 bits per heavy atom. The van der Waals surface area contributed by atoms with Crippen LogP contribution in [0.25, 0.3) is 16.5 Å². The van der Waals surface area contributed by atoms with Crippen molar-refractivity contribution in [2.45, 2.75) is 6.92 Å². The fourth-order valence-corrected chi connectivity index (χ4v) is 3.55. The molecular formula is C19H20N5O3+. The van der Waals surface area contributed by atoms with Crippen molar-refractivity contribution in [1.29, 1.82) is 0 Å². The standard InChI is InChI=1S/C19H19N5O3/c1-13-15-4-2-3-5-16(15)19(25)23(21-13)18-12-14(6-7-17(18)24(26)27)22-10-8-20-9-11-22/h2-7,12,20H,8-11H2,1H3/p+1. The van der Waals surface area contributed by atoms with Gasteiger partial charge in [0.1, 0.15) is 5.69 Å². The first-order chi connectivity index (χ1) is 13.1. The Kier molecular flexibility index (Phi) is 4.33. The summed E-state index contributed by atoms with van der Waals surface area (Å²) in [6, 6.07) is 12.1. The van der Waals surface area contributed by atoms with Crippen LogP contribution in [0.1, 0.15) is 5.69 Å². The van der Waals surface area contributed by atoms with Gasteiger partial charge >= 0.3 is 0 Å². The maximum absolute atomic E-state index is 13.0. The van der Waals surface area contributed by atoms with Gasteiger partial charge in [-0.15, -0.1) is 0 Å². The Morgan fingerprint density at radius 1 is 1.11 bits per heavy atom. The number of piperazine rings is 1. The summed E-state index contributed by atoms with van der Waals surface area (Å²) in [5.41, 5.74) is 1.22. The number of benzene rings is 2. The number of quaternary nitrogens is 1. The Hall–Kier alpha value is -3.26. The number of nitrogens with two attached hydrogens (primary N) is 1. The zero-order chi connectivity index (χ0) is 19.0. The van der Waals surface area contributed by atoms with E-state index in [-0.39, 0.29) is 16.9 Å². The number of aromatic nitrogens is 2. The molecule has 2 N–H and O–H groups in total. The highest BCUT2D eigenvalue weighted by atomic mass is 16.6. The largest absolute Gasteiger partial charge is 0.360 e. The van der Waals surface area contributed by atoms with Crippen LogP contribution >= 0.6 is 0 Å². The van der Waals surface area contributed by atoms with E-state index in [1.165, 1.54) is 6.07 Å². The number of rotatable bonds is 3. The number of nitro benzene ring substituents is 1. The van der Waals surface area contributed by atoms with Gasteiger partial charge < -0.3 is 10.2 Å². The number of nitro groups is 1. The van der Waals surface area contributed by atoms with Crippen LogP contribution in [0, 0.1) is 17.0 Å². The molecule has 1 aliphatic heterocycles. The molecule has 8 heteroatoms. The third-order valence-electron chi connectivity index (χ3n) is 4.94. The lowest BCUT2D eigenvalue weighted by Gasteiger charge is -2.27. The van der Waals surface area contributed by atoms with E-state index in [2.05, 4.69) is 15.3 Å². The molecule has 1 fully saturated rings. The van der Waals surface area contributed by atoms with Gasteiger partial charge in [0.25, 0.3) is 11.2 Å². The number of fused-ring (bicyclic) bond motifs is 1. The molecule has 8 nitrogen and oxygen atoms in total. The Morgan fingerprint density at radius 3 is 2.52 bits per heavy atom. The first-order valence-electron chi connectivity index (χ1n) is 8.90. The molecule has 0 amide bonds. The molecule has 2 aromatic carbocycles. The second-order valence-electron chi connectivity index (χ2n) is 6.63. The van der Waals surface area contributed by atoms with Gasteiger partial charge in [-0.05, 0) is 25.1 Å². The van der Waals surface area contributed by atoms with Crippen LogP contribution in [-0.4, -0.2) is 40.9 Å². The van der Waals surface area contributed by atoms with E-state index >= 15 is 0 Å². The van der Waals surface area contributed by atoms with E-state index in [0.29, 0.717) is 11.1 Å². The fraction of sp³-hybridized carbons (Fsp3) is 0.263. The second-order valence-corrected chi connectivity index (χ2v) is 6.63. The lowest BCUT2D eigenvalue weighted by Crippen LogP contribution is -2.89. The van der Waals surface area contributed by atoms with Crippen molar-refractivity contribution in [2.75, 3.05) is 31.1 Å². The smallest absolute Gasteiger partial charge is 0.295 e. The van der Waals surface area contributed by atoms with Gasteiger partial charge in [-0.3, -0.25) is 14.9 Å².